The molecule has 2 atom stereocenters. The van der Waals surface area contributed by atoms with Gasteiger partial charge in [0.1, 0.15) is 18.9 Å². The first-order chi connectivity index (χ1) is 12.6. The number of aldehydes is 1. The quantitative estimate of drug-likeness (QED) is 0.712. The lowest BCUT2D eigenvalue weighted by atomic mass is 10.1. The highest BCUT2D eigenvalue weighted by atomic mass is 16.5. The van der Waals surface area contributed by atoms with Gasteiger partial charge in [-0.05, 0) is 24.5 Å². The molecule has 2 aromatic rings. The van der Waals surface area contributed by atoms with Crippen LogP contribution in [-0.4, -0.2) is 30.4 Å². The maximum Gasteiger partial charge on any atom is 0.408 e. The Kier molecular flexibility index (Phi) is 7.36. The number of carbonyl (C=O) groups excluding carboxylic acids is 3. The van der Waals surface area contributed by atoms with Gasteiger partial charge >= 0.3 is 6.09 Å². The summed E-state index contributed by atoms with van der Waals surface area (Å²) in [6.45, 7) is 1.65. The summed E-state index contributed by atoms with van der Waals surface area (Å²) in [5.74, 6) is -0.449. The summed E-state index contributed by atoms with van der Waals surface area (Å²) >= 11 is 0. The fourth-order valence-electron chi connectivity index (χ4n) is 2.32. The molecule has 2 N–H and O–H groups in total. The van der Waals surface area contributed by atoms with E-state index in [0.717, 1.165) is 11.1 Å². The third-order valence-corrected chi connectivity index (χ3v) is 3.73. The molecule has 0 spiro atoms. The van der Waals surface area contributed by atoms with Crippen LogP contribution in [0.3, 0.4) is 0 Å². The van der Waals surface area contributed by atoms with Crippen LogP contribution in [0.4, 0.5) is 4.79 Å². The molecule has 0 aromatic heterocycles. The minimum Gasteiger partial charge on any atom is -0.445 e. The maximum atomic E-state index is 12.2. The van der Waals surface area contributed by atoms with Gasteiger partial charge in [-0.3, -0.25) is 4.79 Å². The smallest absolute Gasteiger partial charge is 0.408 e. The normalized spacial score (nSPS) is 12.5. The van der Waals surface area contributed by atoms with Crippen molar-refractivity contribution < 1.29 is 19.1 Å². The monoisotopic (exact) mass is 354 g/mol. The van der Waals surface area contributed by atoms with Crippen molar-refractivity contribution in [1.82, 2.24) is 10.6 Å². The highest BCUT2D eigenvalue weighted by Gasteiger charge is 2.20. The first kappa shape index (κ1) is 19.2. The van der Waals surface area contributed by atoms with Crippen LogP contribution >= 0.6 is 0 Å². The van der Waals surface area contributed by atoms with Gasteiger partial charge < -0.3 is 20.2 Å². The van der Waals surface area contributed by atoms with Crippen LogP contribution in [0.2, 0.25) is 0 Å². The van der Waals surface area contributed by atoms with Crippen LogP contribution in [0, 0.1) is 0 Å². The molecule has 0 fully saturated rings. The second-order valence-electron chi connectivity index (χ2n) is 5.87. The molecule has 0 unspecified atom stereocenters. The lowest BCUT2D eigenvalue weighted by Gasteiger charge is -2.18. The van der Waals surface area contributed by atoms with Gasteiger partial charge in [0.05, 0.1) is 6.04 Å². The van der Waals surface area contributed by atoms with Gasteiger partial charge in [0.25, 0.3) is 0 Å². The van der Waals surface area contributed by atoms with Gasteiger partial charge in [-0.2, -0.15) is 0 Å². The molecule has 0 aliphatic heterocycles. The Labute approximate surface area is 152 Å². The van der Waals surface area contributed by atoms with E-state index in [0.29, 0.717) is 12.7 Å². The van der Waals surface area contributed by atoms with Crippen LogP contribution in [0.1, 0.15) is 18.1 Å². The summed E-state index contributed by atoms with van der Waals surface area (Å²) in [5.41, 5.74) is 1.79. The van der Waals surface area contributed by atoms with Crippen molar-refractivity contribution in [1.29, 1.82) is 0 Å². The summed E-state index contributed by atoms with van der Waals surface area (Å²) in [5, 5.41) is 5.07. The average Bonchev–Trinajstić information content (AvgIpc) is 2.67. The highest BCUT2D eigenvalue weighted by molar-refractivity contribution is 5.87. The number of nitrogens with one attached hydrogen (secondary N) is 2. The van der Waals surface area contributed by atoms with E-state index in [1.54, 1.807) is 0 Å². The molecule has 0 bridgehead atoms. The van der Waals surface area contributed by atoms with E-state index in [2.05, 4.69) is 10.6 Å². The van der Waals surface area contributed by atoms with Crippen molar-refractivity contribution in [3.63, 3.8) is 0 Å². The van der Waals surface area contributed by atoms with E-state index in [1.165, 1.54) is 6.92 Å². The lowest BCUT2D eigenvalue weighted by Crippen LogP contribution is -2.49. The highest BCUT2D eigenvalue weighted by Crippen LogP contribution is 2.03. The van der Waals surface area contributed by atoms with Gasteiger partial charge in [-0.25, -0.2) is 4.79 Å². The Balaban J connectivity index is 1.78. The first-order valence-corrected chi connectivity index (χ1v) is 8.35. The summed E-state index contributed by atoms with van der Waals surface area (Å²) in [4.78, 5) is 35.2. The number of hydrogen-bond donors (Lipinski definition) is 2. The molecule has 0 saturated heterocycles. The van der Waals surface area contributed by atoms with Crippen LogP contribution in [0.5, 0.6) is 0 Å². The predicted molar refractivity (Wildman–Crippen MR) is 97.4 cm³/mol. The van der Waals surface area contributed by atoms with Gasteiger partial charge in [-0.15, -0.1) is 0 Å². The summed E-state index contributed by atoms with van der Waals surface area (Å²) in [6, 6.07) is 17.1. The second kappa shape index (κ2) is 9.98. The third-order valence-electron chi connectivity index (χ3n) is 3.73. The Hall–Kier alpha value is -3.15. The van der Waals surface area contributed by atoms with E-state index in [4.69, 9.17) is 4.74 Å². The number of hydrogen-bond acceptors (Lipinski definition) is 4. The van der Waals surface area contributed by atoms with Gasteiger partial charge in [0.15, 0.2) is 0 Å². The number of alkyl carbamates (subject to hydrolysis) is 1. The second-order valence-corrected chi connectivity index (χ2v) is 5.87. The largest absolute Gasteiger partial charge is 0.445 e. The number of carbonyl (C=O) groups is 3. The van der Waals surface area contributed by atoms with E-state index in [9.17, 15) is 14.4 Å². The SMILES string of the molecule is C[C@H](NC(=O)OCc1ccccc1)C(=O)N[C@H](C=O)Cc1ccccc1. The van der Waals surface area contributed by atoms with Gasteiger partial charge in [-0.1, -0.05) is 60.7 Å². The fraction of sp³-hybridized carbons (Fsp3) is 0.250. The summed E-state index contributed by atoms with van der Waals surface area (Å²) in [7, 11) is 0. The molecular formula is C20H22N2O4. The van der Waals surface area contributed by atoms with E-state index < -0.39 is 24.1 Å². The lowest BCUT2D eigenvalue weighted by molar-refractivity contribution is -0.125. The minimum absolute atomic E-state index is 0.117. The topological polar surface area (TPSA) is 84.5 Å². The zero-order valence-electron chi connectivity index (χ0n) is 14.6. The number of ether oxygens (including phenoxy) is 1. The van der Waals surface area contributed by atoms with Crippen molar-refractivity contribution in [2.75, 3.05) is 0 Å². The molecule has 2 amide bonds. The van der Waals surface area contributed by atoms with Crippen molar-refractivity contribution in [3.05, 3.63) is 71.8 Å². The molecule has 0 aliphatic carbocycles. The minimum atomic E-state index is -0.823. The molecule has 0 radical (unpaired) electrons. The molecule has 0 saturated carbocycles. The first-order valence-electron chi connectivity index (χ1n) is 8.35. The molecule has 0 heterocycles. The van der Waals surface area contributed by atoms with Gasteiger partial charge in [0.2, 0.25) is 5.91 Å². The zero-order valence-corrected chi connectivity index (χ0v) is 14.6. The average molecular weight is 354 g/mol. The van der Waals surface area contributed by atoms with Crippen molar-refractivity contribution in [2.45, 2.75) is 32.0 Å². The Bertz CT molecular complexity index is 719. The molecule has 0 aliphatic rings. The van der Waals surface area contributed by atoms with Crippen LogP contribution in [-0.2, 0) is 27.4 Å². The van der Waals surface area contributed by atoms with Crippen LogP contribution in [0.15, 0.2) is 60.7 Å². The summed E-state index contributed by atoms with van der Waals surface area (Å²) < 4.78 is 5.08. The molecule has 26 heavy (non-hydrogen) atoms. The molecule has 2 rings (SSSR count). The van der Waals surface area contributed by atoms with Gasteiger partial charge in [0, 0.05) is 0 Å². The van der Waals surface area contributed by atoms with Crippen molar-refractivity contribution in [3.8, 4) is 0 Å². The Morgan fingerprint density at radius 1 is 0.962 bits per heavy atom. The predicted octanol–water partition coefficient (Wildman–Crippen LogP) is 2.23. The molecule has 6 nitrogen and oxygen atoms in total. The summed E-state index contributed by atoms with van der Waals surface area (Å²) in [6.07, 6.45) is 0.384. The Morgan fingerprint density at radius 3 is 2.12 bits per heavy atom. The molecular weight excluding hydrogens is 332 g/mol. The molecule has 6 heteroatoms. The van der Waals surface area contributed by atoms with E-state index >= 15 is 0 Å². The van der Waals surface area contributed by atoms with Crippen molar-refractivity contribution >= 4 is 18.3 Å². The van der Waals surface area contributed by atoms with E-state index in [1.807, 2.05) is 60.7 Å². The zero-order chi connectivity index (χ0) is 18.8. The van der Waals surface area contributed by atoms with Crippen LogP contribution < -0.4 is 10.6 Å². The third kappa shape index (κ3) is 6.39. The van der Waals surface area contributed by atoms with Crippen LogP contribution in [0.25, 0.3) is 0 Å². The fourth-order valence-corrected chi connectivity index (χ4v) is 2.32. The maximum absolute atomic E-state index is 12.2. The number of benzene rings is 2. The molecule has 136 valence electrons. The van der Waals surface area contributed by atoms with E-state index in [-0.39, 0.29) is 6.61 Å². The number of amides is 2. The van der Waals surface area contributed by atoms with Crippen molar-refractivity contribution in [2.24, 2.45) is 0 Å². The molecule has 2 aromatic carbocycles. The number of rotatable bonds is 8. The standard InChI is InChI=1S/C20H22N2O4/c1-15(21-20(25)26-14-17-10-6-3-7-11-17)19(24)22-18(13-23)12-16-8-4-2-5-9-16/h2-11,13,15,18H,12,14H2,1H3,(H,21,25)(H,22,24)/t15-,18-/m0/s1. The Morgan fingerprint density at radius 2 is 1.54 bits per heavy atom.